The van der Waals surface area contributed by atoms with Crippen LogP contribution in [0.5, 0.6) is 5.75 Å². The Bertz CT molecular complexity index is 563. The van der Waals surface area contributed by atoms with Gasteiger partial charge in [-0.15, -0.1) is 0 Å². The fourth-order valence-electron chi connectivity index (χ4n) is 2.10. The number of nitrogens with one attached hydrogen (secondary N) is 1. The van der Waals surface area contributed by atoms with Gasteiger partial charge >= 0.3 is 0 Å². The van der Waals surface area contributed by atoms with Gasteiger partial charge in [0.25, 0.3) is 0 Å². The molecule has 0 aliphatic rings. The SMILES string of the molecule is CCOc1ccc(NC(C)c2ccc(C)o2)cc1CO. The van der Waals surface area contributed by atoms with Gasteiger partial charge < -0.3 is 19.6 Å². The second-order valence-electron chi connectivity index (χ2n) is 4.73. The fraction of sp³-hybridized carbons (Fsp3) is 0.375. The van der Waals surface area contributed by atoms with E-state index >= 15 is 0 Å². The number of rotatable bonds is 6. The van der Waals surface area contributed by atoms with Gasteiger partial charge in [0.15, 0.2) is 0 Å². The second-order valence-corrected chi connectivity index (χ2v) is 4.73. The first-order valence-corrected chi connectivity index (χ1v) is 6.83. The van der Waals surface area contributed by atoms with Gasteiger partial charge in [-0.1, -0.05) is 0 Å². The number of anilines is 1. The molecule has 0 spiro atoms. The maximum Gasteiger partial charge on any atom is 0.126 e. The first-order chi connectivity index (χ1) is 9.63. The Hall–Kier alpha value is -1.94. The first kappa shape index (κ1) is 14.5. The lowest BCUT2D eigenvalue weighted by molar-refractivity contribution is 0.267. The number of aryl methyl sites for hydroxylation is 1. The zero-order valence-corrected chi connectivity index (χ0v) is 12.1. The molecule has 1 aromatic heterocycles. The summed E-state index contributed by atoms with van der Waals surface area (Å²) in [4.78, 5) is 0. The van der Waals surface area contributed by atoms with Crippen LogP contribution < -0.4 is 10.1 Å². The molecule has 4 nitrogen and oxygen atoms in total. The molecule has 0 bridgehead atoms. The number of furan rings is 1. The van der Waals surface area contributed by atoms with E-state index in [9.17, 15) is 5.11 Å². The monoisotopic (exact) mass is 275 g/mol. The molecule has 0 saturated carbocycles. The molecule has 0 amide bonds. The van der Waals surface area contributed by atoms with Crippen LogP contribution in [0.2, 0.25) is 0 Å². The van der Waals surface area contributed by atoms with Crippen LogP contribution in [0.3, 0.4) is 0 Å². The molecule has 0 saturated heterocycles. The molecule has 2 N–H and O–H groups in total. The van der Waals surface area contributed by atoms with Gasteiger partial charge in [-0.25, -0.2) is 0 Å². The van der Waals surface area contributed by atoms with Crippen LogP contribution in [0, 0.1) is 6.92 Å². The standard InChI is InChI=1S/C16H21NO3/c1-4-19-16-8-6-14(9-13(16)10-18)17-12(3)15-7-5-11(2)20-15/h5-9,12,17-18H,4,10H2,1-3H3. The molecular weight excluding hydrogens is 254 g/mol. The van der Waals surface area contributed by atoms with Crippen LogP contribution in [0.25, 0.3) is 0 Å². The van der Waals surface area contributed by atoms with Crippen LogP contribution in [-0.4, -0.2) is 11.7 Å². The van der Waals surface area contributed by atoms with Gasteiger partial charge in [-0.2, -0.15) is 0 Å². The highest BCUT2D eigenvalue weighted by molar-refractivity contribution is 5.52. The van der Waals surface area contributed by atoms with Crippen LogP contribution in [0.4, 0.5) is 5.69 Å². The highest BCUT2D eigenvalue weighted by atomic mass is 16.5. The van der Waals surface area contributed by atoms with E-state index in [1.165, 1.54) is 0 Å². The Morgan fingerprint density at radius 2 is 2.10 bits per heavy atom. The molecule has 1 heterocycles. The van der Waals surface area contributed by atoms with Gasteiger partial charge in [0.1, 0.15) is 17.3 Å². The van der Waals surface area contributed by atoms with Gasteiger partial charge in [-0.3, -0.25) is 0 Å². The average Bonchev–Trinajstić information content (AvgIpc) is 2.87. The number of aliphatic hydroxyl groups excluding tert-OH is 1. The van der Waals surface area contributed by atoms with Crippen LogP contribution in [0.15, 0.2) is 34.7 Å². The van der Waals surface area contributed by atoms with Crippen molar-refractivity contribution < 1.29 is 14.3 Å². The zero-order chi connectivity index (χ0) is 14.5. The van der Waals surface area contributed by atoms with Gasteiger partial charge in [0, 0.05) is 11.3 Å². The molecule has 1 aromatic carbocycles. The normalized spacial score (nSPS) is 12.2. The summed E-state index contributed by atoms with van der Waals surface area (Å²) in [6, 6.07) is 9.69. The maximum atomic E-state index is 9.40. The maximum absolute atomic E-state index is 9.40. The van der Waals surface area contributed by atoms with Crippen molar-refractivity contribution in [3.05, 3.63) is 47.4 Å². The number of hydrogen-bond acceptors (Lipinski definition) is 4. The van der Waals surface area contributed by atoms with E-state index in [4.69, 9.17) is 9.15 Å². The number of ether oxygens (including phenoxy) is 1. The second kappa shape index (κ2) is 6.48. The van der Waals surface area contributed by atoms with Crippen molar-refractivity contribution in [2.75, 3.05) is 11.9 Å². The molecular formula is C16H21NO3. The summed E-state index contributed by atoms with van der Waals surface area (Å²) >= 11 is 0. The van der Waals surface area contributed by atoms with Crippen molar-refractivity contribution in [3.8, 4) is 5.75 Å². The topological polar surface area (TPSA) is 54.6 Å². The first-order valence-electron chi connectivity index (χ1n) is 6.83. The summed E-state index contributed by atoms with van der Waals surface area (Å²) in [7, 11) is 0. The molecule has 108 valence electrons. The Balaban J connectivity index is 2.13. The highest BCUT2D eigenvalue weighted by Crippen LogP contribution is 2.26. The molecule has 20 heavy (non-hydrogen) atoms. The van der Waals surface area contributed by atoms with Crippen molar-refractivity contribution in [3.63, 3.8) is 0 Å². The Morgan fingerprint density at radius 3 is 2.70 bits per heavy atom. The van der Waals surface area contributed by atoms with E-state index in [-0.39, 0.29) is 12.6 Å². The van der Waals surface area contributed by atoms with Crippen molar-refractivity contribution in [2.45, 2.75) is 33.4 Å². The summed E-state index contributed by atoms with van der Waals surface area (Å²) in [6.07, 6.45) is 0. The lowest BCUT2D eigenvalue weighted by Gasteiger charge is -2.15. The lowest BCUT2D eigenvalue weighted by atomic mass is 10.1. The predicted octanol–water partition coefficient (Wildman–Crippen LogP) is 3.65. The molecule has 4 heteroatoms. The Morgan fingerprint density at radius 1 is 1.30 bits per heavy atom. The minimum absolute atomic E-state index is 0.0426. The number of benzene rings is 1. The van der Waals surface area contributed by atoms with E-state index in [0.29, 0.717) is 6.61 Å². The van der Waals surface area contributed by atoms with Crippen molar-refractivity contribution in [1.29, 1.82) is 0 Å². The summed E-state index contributed by atoms with van der Waals surface area (Å²) < 4.78 is 11.1. The number of hydrogen-bond donors (Lipinski definition) is 2. The van der Waals surface area contributed by atoms with Gasteiger partial charge in [-0.05, 0) is 51.1 Å². The quantitative estimate of drug-likeness (QED) is 0.845. The van der Waals surface area contributed by atoms with Crippen molar-refractivity contribution in [1.82, 2.24) is 0 Å². The van der Waals surface area contributed by atoms with E-state index < -0.39 is 0 Å². The molecule has 0 fully saturated rings. The highest BCUT2D eigenvalue weighted by Gasteiger charge is 2.11. The Labute approximate surface area is 119 Å². The zero-order valence-electron chi connectivity index (χ0n) is 12.1. The van der Waals surface area contributed by atoms with Crippen LogP contribution in [-0.2, 0) is 6.61 Å². The van der Waals surface area contributed by atoms with E-state index in [1.54, 1.807) is 0 Å². The van der Waals surface area contributed by atoms with Gasteiger partial charge in [0.05, 0.1) is 19.3 Å². The lowest BCUT2D eigenvalue weighted by Crippen LogP contribution is -2.06. The summed E-state index contributed by atoms with van der Waals surface area (Å²) in [5, 5.41) is 12.8. The van der Waals surface area contributed by atoms with Crippen LogP contribution in [0.1, 0.15) is 37.0 Å². The molecule has 2 aromatic rings. The minimum Gasteiger partial charge on any atom is -0.494 e. The molecule has 1 unspecified atom stereocenters. The summed E-state index contributed by atoms with van der Waals surface area (Å²) in [6.45, 7) is 6.43. The molecule has 0 aliphatic carbocycles. The average molecular weight is 275 g/mol. The molecule has 2 rings (SSSR count). The molecule has 1 atom stereocenters. The Kier molecular flexibility index (Phi) is 4.69. The van der Waals surface area contributed by atoms with Gasteiger partial charge in [0.2, 0.25) is 0 Å². The van der Waals surface area contributed by atoms with E-state index in [0.717, 1.165) is 28.5 Å². The van der Waals surface area contributed by atoms with Crippen molar-refractivity contribution >= 4 is 5.69 Å². The summed E-state index contributed by atoms with van der Waals surface area (Å²) in [5.41, 5.74) is 1.71. The minimum atomic E-state index is -0.0426. The fourth-order valence-corrected chi connectivity index (χ4v) is 2.10. The molecule has 0 aliphatic heterocycles. The third-order valence-electron chi connectivity index (χ3n) is 3.10. The molecule has 0 radical (unpaired) electrons. The van der Waals surface area contributed by atoms with Crippen molar-refractivity contribution in [2.24, 2.45) is 0 Å². The smallest absolute Gasteiger partial charge is 0.126 e. The largest absolute Gasteiger partial charge is 0.494 e. The third-order valence-corrected chi connectivity index (χ3v) is 3.10. The number of aliphatic hydroxyl groups is 1. The third kappa shape index (κ3) is 3.33. The van der Waals surface area contributed by atoms with E-state index in [2.05, 4.69) is 5.32 Å². The van der Waals surface area contributed by atoms with E-state index in [1.807, 2.05) is 51.1 Å². The van der Waals surface area contributed by atoms with Crippen LogP contribution >= 0.6 is 0 Å². The summed E-state index contributed by atoms with van der Waals surface area (Å²) in [5.74, 6) is 2.51. The predicted molar refractivity (Wildman–Crippen MR) is 79.0 cm³/mol.